The summed E-state index contributed by atoms with van der Waals surface area (Å²) in [5, 5.41) is 33.3. The molecule has 0 radical (unpaired) electrons. The van der Waals surface area contributed by atoms with Crippen LogP contribution in [0.3, 0.4) is 0 Å². The number of aliphatic hydroxyl groups is 3. The van der Waals surface area contributed by atoms with E-state index in [1.807, 2.05) is 30.3 Å². The van der Waals surface area contributed by atoms with Crippen LogP contribution in [0.15, 0.2) is 54.1 Å². The Labute approximate surface area is 254 Å². The van der Waals surface area contributed by atoms with Gasteiger partial charge < -0.3 is 35.0 Å². The van der Waals surface area contributed by atoms with Crippen LogP contribution in [0.25, 0.3) is 0 Å². The number of carbonyl (C=O) groups is 2. The summed E-state index contributed by atoms with van der Waals surface area (Å²) in [5.74, 6) is 0.624. The lowest BCUT2D eigenvalue weighted by Gasteiger charge is -2.41. The van der Waals surface area contributed by atoms with Crippen LogP contribution < -0.4 is 14.8 Å². The van der Waals surface area contributed by atoms with Gasteiger partial charge in [-0.05, 0) is 70.7 Å². The Kier molecular flexibility index (Phi) is 11.4. The van der Waals surface area contributed by atoms with Gasteiger partial charge in [0.05, 0.1) is 29.9 Å². The third-order valence-electron chi connectivity index (χ3n) is 7.79. The zero-order valence-electron chi connectivity index (χ0n) is 23.3. The molecular weight excluding hydrogens is 639 g/mol. The lowest BCUT2D eigenvalue weighted by molar-refractivity contribution is -0.140. The monoisotopic (exact) mass is 678 g/mol. The second kappa shape index (κ2) is 15.0. The molecule has 0 spiro atoms. The minimum absolute atomic E-state index is 0.0555. The van der Waals surface area contributed by atoms with Gasteiger partial charge in [0.1, 0.15) is 12.2 Å². The normalized spacial score (nSPS) is 20.8. The summed E-state index contributed by atoms with van der Waals surface area (Å²) in [4.78, 5) is 28.7. The number of hydrogen-bond acceptors (Lipinski definition) is 7. The highest BCUT2D eigenvalue weighted by atomic mass is 127. The first kappa shape index (κ1) is 31.3. The molecule has 4 rings (SSSR count). The number of rotatable bonds is 12. The molecule has 1 saturated carbocycles. The summed E-state index contributed by atoms with van der Waals surface area (Å²) in [6.45, 7) is -0.0129. The van der Waals surface area contributed by atoms with Gasteiger partial charge in [-0.3, -0.25) is 9.59 Å². The van der Waals surface area contributed by atoms with Crippen molar-refractivity contribution < 1.29 is 34.4 Å². The van der Waals surface area contributed by atoms with Crippen molar-refractivity contribution in [3.63, 3.8) is 0 Å². The number of methoxy groups -OCH3 is 1. The smallest absolute Gasteiger partial charge is 0.247 e. The SMILES string of the molecule is COc1cc(CO)cc(I)c1O[C@H]1C=C(C(=O)NCCO)C[C@@H](N(Cc2ccccc2)C(=O)CC2CCCC2)[C@@H]1O. The summed E-state index contributed by atoms with van der Waals surface area (Å²) >= 11 is 2.08. The van der Waals surface area contributed by atoms with Crippen LogP contribution in [0, 0.1) is 9.49 Å². The van der Waals surface area contributed by atoms with Crippen molar-refractivity contribution in [1.29, 1.82) is 0 Å². The first-order valence-electron chi connectivity index (χ1n) is 14.1. The Morgan fingerprint density at radius 3 is 2.49 bits per heavy atom. The second-order valence-corrected chi connectivity index (χ2v) is 11.8. The fourth-order valence-corrected chi connectivity index (χ4v) is 6.44. The fourth-order valence-electron chi connectivity index (χ4n) is 5.64. The van der Waals surface area contributed by atoms with Crippen LogP contribution in [0.1, 0.15) is 49.7 Å². The van der Waals surface area contributed by atoms with E-state index in [0.717, 1.165) is 31.2 Å². The van der Waals surface area contributed by atoms with Gasteiger partial charge in [-0.25, -0.2) is 0 Å². The molecule has 4 N–H and O–H groups in total. The Morgan fingerprint density at radius 1 is 1.10 bits per heavy atom. The van der Waals surface area contributed by atoms with E-state index in [9.17, 15) is 24.9 Å². The first-order valence-corrected chi connectivity index (χ1v) is 15.2. The van der Waals surface area contributed by atoms with Gasteiger partial charge in [-0.1, -0.05) is 43.2 Å². The molecular formula is C31H39IN2O7. The fraction of sp³-hybridized carbons (Fsp3) is 0.484. The molecule has 10 heteroatoms. The van der Waals surface area contributed by atoms with E-state index in [4.69, 9.17) is 9.47 Å². The summed E-state index contributed by atoms with van der Waals surface area (Å²) in [6.07, 6.45) is 4.28. The van der Waals surface area contributed by atoms with Crippen molar-refractivity contribution in [2.45, 2.75) is 69.9 Å². The summed E-state index contributed by atoms with van der Waals surface area (Å²) in [6, 6.07) is 12.3. The van der Waals surface area contributed by atoms with Crippen molar-refractivity contribution in [1.82, 2.24) is 10.2 Å². The standard InChI is InChI=1S/C31H39IN2O7/c1-40-27-14-22(19-36)13-24(32)30(27)41-26-17-23(31(39)33-11-12-35)16-25(29(26)38)34(18-21-9-3-2-4-10-21)28(37)15-20-7-5-6-8-20/h2-4,9-10,13-14,17,20,25-26,29,35-36,38H,5-8,11-12,15-16,18-19H2,1H3,(H,33,39)/t25-,26+,29+/m1/s1. The maximum Gasteiger partial charge on any atom is 0.247 e. The Balaban J connectivity index is 1.70. The number of ether oxygens (including phenoxy) is 2. The Morgan fingerprint density at radius 2 is 1.83 bits per heavy atom. The van der Waals surface area contributed by atoms with E-state index in [2.05, 4.69) is 27.9 Å². The van der Waals surface area contributed by atoms with Gasteiger partial charge >= 0.3 is 0 Å². The van der Waals surface area contributed by atoms with Crippen LogP contribution >= 0.6 is 22.6 Å². The Bertz CT molecular complexity index is 1220. The number of aliphatic hydroxyl groups excluding tert-OH is 3. The topological polar surface area (TPSA) is 129 Å². The molecule has 0 unspecified atom stereocenters. The number of amides is 2. The molecule has 0 bridgehead atoms. The second-order valence-electron chi connectivity index (χ2n) is 10.6. The van der Waals surface area contributed by atoms with Crippen molar-refractivity contribution in [3.05, 3.63) is 68.8 Å². The molecule has 0 aliphatic heterocycles. The molecule has 222 valence electrons. The van der Waals surface area contributed by atoms with Gasteiger partial charge in [-0.2, -0.15) is 0 Å². The summed E-state index contributed by atoms with van der Waals surface area (Å²) < 4.78 is 12.5. The van der Waals surface area contributed by atoms with Crippen molar-refractivity contribution in [2.75, 3.05) is 20.3 Å². The van der Waals surface area contributed by atoms with Gasteiger partial charge in [0.25, 0.3) is 0 Å². The summed E-state index contributed by atoms with van der Waals surface area (Å²) in [7, 11) is 1.49. The highest BCUT2D eigenvalue weighted by molar-refractivity contribution is 14.1. The molecule has 1 fully saturated rings. The zero-order chi connectivity index (χ0) is 29.4. The van der Waals surface area contributed by atoms with Crippen LogP contribution in [0.2, 0.25) is 0 Å². The van der Waals surface area contributed by atoms with Gasteiger partial charge in [0.15, 0.2) is 11.5 Å². The highest BCUT2D eigenvalue weighted by Crippen LogP contribution is 2.38. The third kappa shape index (κ3) is 8.00. The van der Waals surface area contributed by atoms with Gasteiger partial charge in [0.2, 0.25) is 11.8 Å². The number of hydrogen-bond donors (Lipinski definition) is 4. The van der Waals surface area contributed by atoms with Crippen LogP contribution in [-0.2, 0) is 22.7 Å². The lowest BCUT2D eigenvalue weighted by atomic mass is 9.87. The number of halogens is 1. The predicted octanol–water partition coefficient (Wildman–Crippen LogP) is 3.32. The minimum Gasteiger partial charge on any atom is -0.493 e. The van der Waals surface area contributed by atoms with E-state index in [-0.39, 0.29) is 38.0 Å². The molecule has 41 heavy (non-hydrogen) atoms. The van der Waals surface area contributed by atoms with Crippen LogP contribution in [-0.4, -0.2) is 70.5 Å². The average Bonchev–Trinajstić information content (AvgIpc) is 3.50. The number of nitrogens with zero attached hydrogens (tertiary/aromatic N) is 1. The van der Waals surface area contributed by atoms with E-state index in [1.165, 1.54) is 7.11 Å². The van der Waals surface area contributed by atoms with Gasteiger partial charge in [-0.15, -0.1) is 0 Å². The van der Waals surface area contributed by atoms with Gasteiger partial charge in [0, 0.05) is 31.5 Å². The molecule has 2 amide bonds. The van der Waals surface area contributed by atoms with E-state index in [0.29, 0.717) is 45.1 Å². The molecule has 2 aromatic rings. The lowest BCUT2D eigenvalue weighted by Crippen LogP contribution is -2.55. The molecule has 2 aliphatic rings. The van der Waals surface area contributed by atoms with Crippen molar-refractivity contribution in [2.24, 2.45) is 5.92 Å². The largest absolute Gasteiger partial charge is 0.493 e. The Hall–Kier alpha value is -2.67. The molecule has 2 aliphatic carbocycles. The third-order valence-corrected chi connectivity index (χ3v) is 8.60. The maximum atomic E-state index is 13.9. The number of nitrogens with one attached hydrogen (secondary N) is 1. The molecule has 2 aromatic carbocycles. The maximum absolute atomic E-state index is 13.9. The number of carbonyl (C=O) groups excluding carboxylic acids is 2. The molecule has 3 atom stereocenters. The van der Waals surface area contributed by atoms with E-state index in [1.54, 1.807) is 23.1 Å². The minimum atomic E-state index is -1.14. The quantitative estimate of drug-likeness (QED) is 0.254. The van der Waals surface area contributed by atoms with Crippen LogP contribution in [0.4, 0.5) is 0 Å². The van der Waals surface area contributed by atoms with Crippen LogP contribution in [0.5, 0.6) is 11.5 Å². The predicted molar refractivity (Wildman–Crippen MR) is 162 cm³/mol. The highest BCUT2D eigenvalue weighted by Gasteiger charge is 2.41. The molecule has 9 nitrogen and oxygen atoms in total. The first-order chi connectivity index (χ1) is 19.8. The number of benzene rings is 2. The molecule has 0 saturated heterocycles. The molecule has 0 heterocycles. The molecule has 0 aromatic heterocycles. The van der Waals surface area contributed by atoms with E-state index >= 15 is 0 Å². The van der Waals surface area contributed by atoms with Crippen molar-refractivity contribution in [3.8, 4) is 11.5 Å². The van der Waals surface area contributed by atoms with Crippen molar-refractivity contribution >= 4 is 34.4 Å². The summed E-state index contributed by atoms with van der Waals surface area (Å²) in [5.41, 5.74) is 1.94. The zero-order valence-corrected chi connectivity index (χ0v) is 25.5. The average molecular weight is 679 g/mol. The van der Waals surface area contributed by atoms with E-state index < -0.39 is 18.2 Å².